The van der Waals surface area contributed by atoms with Crippen LogP contribution in [0.3, 0.4) is 0 Å². The molecule has 0 aliphatic heterocycles. The van der Waals surface area contributed by atoms with E-state index in [2.05, 4.69) is 16.9 Å². The third kappa shape index (κ3) is 2.89. The molecule has 3 nitrogen and oxygen atoms in total. The van der Waals surface area contributed by atoms with Crippen molar-refractivity contribution in [3.05, 3.63) is 0 Å². The molecule has 2 fully saturated rings. The summed E-state index contributed by atoms with van der Waals surface area (Å²) in [5.41, 5.74) is 0. The van der Waals surface area contributed by atoms with Gasteiger partial charge in [0.15, 0.2) is 0 Å². The van der Waals surface area contributed by atoms with E-state index >= 15 is 0 Å². The third-order valence-corrected chi connectivity index (χ3v) is 4.40. The lowest BCUT2D eigenvalue weighted by Crippen LogP contribution is -2.38. The molecule has 0 heterocycles. The highest BCUT2D eigenvalue weighted by Crippen LogP contribution is 2.46. The zero-order chi connectivity index (χ0) is 10.0. The van der Waals surface area contributed by atoms with Crippen molar-refractivity contribution in [2.45, 2.75) is 36.5 Å². The molecule has 0 spiro atoms. The van der Waals surface area contributed by atoms with E-state index in [0.717, 1.165) is 6.54 Å². The van der Waals surface area contributed by atoms with Gasteiger partial charge in [-0.1, -0.05) is 0 Å². The van der Waals surface area contributed by atoms with Crippen LogP contribution in [0.1, 0.15) is 25.7 Å². The summed E-state index contributed by atoms with van der Waals surface area (Å²) in [4.78, 5) is 11.4. The number of carbonyl (C=O) groups is 1. The van der Waals surface area contributed by atoms with Crippen molar-refractivity contribution < 1.29 is 4.79 Å². The van der Waals surface area contributed by atoms with Crippen LogP contribution in [0, 0.1) is 0 Å². The van der Waals surface area contributed by atoms with Crippen molar-refractivity contribution >= 4 is 17.7 Å². The molecular weight excluding hydrogens is 196 g/mol. The lowest BCUT2D eigenvalue weighted by molar-refractivity contribution is -0.120. The Morgan fingerprint density at radius 3 is 2.71 bits per heavy atom. The molecule has 0 bridgehead atoms. The highest BCUT2D eigenvalue weighted by molar-refractivity contribution is 8.00. The minimum atomic E-state index is 0.150. The topological polar surface area (TPSA) is 41.1 Å². The number of thioether (sulfide) groups is 1. The van der Waals surface area contributed by atoms with Crippen LogP contribution in [0.4, 0.5) is 0 Å². The largest absolute Gasteiger partial charge is 0.354 e. The molecule has 0 aromatic rings. The molecule has 1 amide bonds. The van der Waals surface area contributed by atoms with Gasteiger partial charge >= 0.3 is 0 Å². The minimum Gasteiger partial charge on any atom is -0.354 e. The summed E-state index contributed by atoms with van der Waals surface area (Å²) in [5, 5.41) is 6.21. The summed E-state index contributed by atoms with van der Waals surface area (Å²) in [6, 6.07) is 0.621. The number of carbonyl (C=O) groups excluding carboxylic acids is 1. The highest BCUT2D eigenvalue weighted by Gasteiger charge is 2.41. The van der Waals surface area contributed by atoms with Crippen LogP contribution in [0.2, 0.25) is 0 Å². The Morgan fingerprint density at radius 1 is 1.50 bits per heavy atom. The van der Waals surface area contributed by atoms with Crippen molar-refractivity contribution in [3.8, 4) is 0 Å². The first-order chi connectivity index (χ1) is 6.74. The fourth-order valence-corrected chi connectivity index (χ4v) is 2.17. The van der Waals surface area contributed by atoms with Crippen molar-refractivity contribution in [2.24, 2.45) is 0 Å². The Kier molecular flexibility index (Phi) is 3.02. The van der Waals surface area contributed by atoms with Crippen LogP contribution < -0.4 is 10.6 Å². The molecule has 80 valence electrons. The normalized spacial score (nSPS) is 23.2. The Balaban J connectivity index is 1.57. The van der Waals surface area contributed by atoms with Crippen molar-refractivity contribution in [1.29, 1.82) is 0 Å². The van der Waals surface area contributed by atoms with E-state index in [1.165, 1.54) is 25.7 Å². The highest BCUT2D eigenvalue weighted by atomic mass is 32.2. The Labute approximate surface area is 89.4 Å². The average molecular weight is 214 g/mol. The van der Waals surface area contributed by atoms with Gasteiger partial charge in [-0.2, -0.15) is 11.8 Å². The molecule has 2 N–H and O–H groups in total. The first-order valence-electron chi connectivity index (χ1n) is 5.29. The zero-order valence-corrected chi connectivity index (χ0v) is 9.45. The van der Waals surface area contributed by atoms with E-state index in [0.29, 0.717) is 17.3 Å². The van der Waals surface area contributed by atoms with Crippen LogP contribution in [-0.2, 0) is 4.79 Å². The second-order valence-corrected chi connectivity index (χ2v) is 5.59. The first kappa shape index (κ1) is 10.3. The van der Waals surface area contributed by atoms with Crippen LogP contribution in [0.15, 0.2) is 0 Å². The molecular formula is C10H18N2OS. The maximum atomic E-state index is 11.4. The lowest BCUT2D eigenvalue weighted by atomic mass is 10.4. The molecule has 2 rings (SSSR count). The SMILES string of the molecule is CSC1(CNC(=O)CNC2CC2)CC1. The maximum Gasteiger partial charge on any atom is 0.234 e. The zero-order valence-electron chi connectivity index (χ0n) is 8.64. The molecule has 0 atom stereocenters. The van der Waals surface area contributed by atoms with Gasteiger partial charge in [0.1, 0.15) is 0 Å². The summed E-state index contributed by atoms with van der Waals surface area (Å²) >= 11 is 1.88. The third-order valence-electron chi connectivity index (χ3n) is 2.98. The number of nitrogens with one attached hydrogen (secondary N) is 2. The molecule has 4 heteroatoms. The number of amides is 1. The average Bonchev–Trinajstić information content (AvgIpc) is 3.06. The van der Waals surface area contributed by atoms with Gasteiger partial charge in [-0.3, -0.25) is 4.79 Å². The molecule has 0 radical (unpaired) electrons. The Morgan fingerprint density at radius 2 is 2.21 bits per heavy atom. The van der Waals surface area contributed by atoms with Crippen LogP contribution >= 0.6 is 11.8 Å². The first-order valence-corrected chi connectivity index (χ1v) is 6.52. The molecule has 0 aromatic heterocycles. The Hall–Kier alpha value is -0.220. The van der Waals surface area contributed by atoms with Gasteiger partial charge < -0.3 is 10.6 Å². The second-order valence-electron chi connectivity index (χ2n) is 4.32. The number of hydrogen-bond donors (Lipinski definition) is 2. The van der Waals surface area contributed by atoms with Crippen molar-refractivity contribution in [2.75, 3.05) is 19.3 Å². The summed E-state index contributed by atoms with van der Waals surface area (Å²) in [6.07, 6.45) is 7.11. The van der Waals surface area contributed by atoms with E-state index in [-0.39, 0.29) is 5.91 Å². The van der Waals surface area contributed by atoms with Crippen molar-refractivity contribution in [1.82, 2.24) is 10.6 Å². The van der Waals surface area contributed by atoms with Crippen LogP contribution in [0.25, 0.3) is 0 Å². The molecule has 0 unspecified atom stereocenters. The van der Waals surface area contributed by atoms with Gasteiger partial charge in [0, 0.05) is 17.3 Å². The summed E-state index contributed by atoms with van der Waals surface area (Å²) in [6.45, 7) is 1.34. The standard InChI is InChI=1S/C10H18N2OS/c1-14-10(4-5-10)7-12-9(13)6-11-8-2-3-8/h8,11H,2-7H2,1H3,(H,12,13). The quantitative estimate of drug-likeness (QED) is 0.685. The van der Waals surface area contributed by atoms with Crippen LogP contribution in [0.5, 0.6) is 0 Å². The van der Waals surface area contributed by atoms with E-state index in [9.17, 15) is 4.79 Å². The monoisotopic (exact) mass is 214 g/mol. The van der Waals surface area contributed by atoms with E-state index < -0.39 is 0 Å². The van der Waals surface area contributed by atoms with E-state index in [4.69, 9.17) is 0 Å². The summed E-state index contributed by atoms with van der Waals surface area (Å²) < 4.78 is 0.384. The molecule has 0 saturated heterocycles. The minimum absolute atomic E-state index is 0.150. The van der Waals surface area contributed by atoms with Gasteiger partial charge in [0.2, 0.25) is 5.91 Å². The number of hydrogen-bond acceptors (Lipinski definition) is 3. The fraction of sp³-hybridized carbons (Fsp3) is 0.900. The molecule has 0 aromatic carbocycles. The van der Waals surface area contributed by atoms with Gasteiger partial charge in [-0.05, 0) is 31.9 Å². The smallest absolute Gasteiger partial charge is 0.234 e. The predicted octanol–water partition coefficient (Wildman–Crippen LogP) is 0.750. The lowest BCUT2D eigenvalue weighted by Gasteiger charge is -2.13. The summed E-state index contributed by atoms with van der Waals surface area (Å²) in [5.74, 6) is 0.150. The van der Waals surface area contributed by atoms with Gasteiger partial charge in [-0.25, -0.2) is 0 Å². The molecule has 2 aliphatic carbocycles. The van der Waals surface area contributed by atoms with Crippen molar-refractivity contribution in [3.63, 3.8) is 0 Å². The molecule has 14 heavy (non-hydrogen) atoms. The van der Waals surface area contributed by atoms with E-state index in [1.54, 1.807) is 0 Å². The van der Waals surface area contributed by atoms with E-state index in [1.807, 2.05) is 11.8 Å². The fourth-order valence-electron chi connectivity index (χ4n) is 1.44. The second kappa shape index (κ2) is 4.11. The van der Waals surface area contributed by atoms with Crippen LogP contribution in [-0.4, -0.2) is 36.0 Å². The molecule has 2 saturated carbocycles. The summed E-state index contributed by atoms with van der Waals surface area (Å²) in [7, 11) is 0. The maximum absolute atomic E-state index is 11.4. The van der Waals surface area contributed by atoms with Gasteiger partial charge in [0.25, 0.3) is 0 Å². The molecule has 2 aliphatic rings. The predicted molar refractivity (Wildman–Crippen MR) is 59.5 cm³/mol. The van der Waals surface area contributed by atoms with Gasteiger partial charge in [0.05, 0.1) is 6.54 Å². The Bertz CT molecular complexity index is 224. The van der Waals surface area contributed by atoms with Gasteiger partial charge in [-0.15, -0.1) is 0 Å². The number of rotatable bonds is 6.